The summed E-state index contributed by atoms with van der Waals surface area (Å²) in [6, 6.07) is 20.2. The first-order chi connectivity index (χ1) is 12.3. The van der Waals surface area contributed by atoms with Crippen molar-refractivity contribution < 1.29 is 0 Å². The molecule has 0 fully saturated rings. The van der Waals surface area contributed by atoms with Crippen LogP contribution in [0.2, 0.25) is 0 Å². The molecule has 0 spiro atoms. The number of nitriles is 1. The van der Waals surface area contributed by atoms with Crippen LogP contribution in [0.15, 0.2) is 61.1 Å². The van der Waals surface area contributed by atoms with Gasteiger partial charge in [0.05, 0.1) is 17.2 Å². The van der Waals surface area contributed by atoms with E-state index in [0.717, 1.165) is 16.6 Å². The van der Waals surface area contributed by atoms with E-state index in [-0.39, 0.29) is 0 Å². The highest BCUT2D eigenvalue weighted by Crippen LogP contribution is 2.23. The van der Waals surface area contributed by atoms with Crippen LogP contribution >= 0.6 is 0 Å². The van der Waals surface area contributed by atoms with Crippen LogP contribution in [0.3, 0.4) is 0 Å². The molecule has 2 heterocycles. The van der Waals surface area contributed by atoms with Gasteiger partial charge in [-0.1, -0.05) is 36.4 Å². The van der Waals surface area contributed by atoms with Crippen molar-refractivity contribution in [3.05, 3.63) is 72.8 Å². The number of anilines is 1. The normalized spacial score (nSPS) is 10.6. The minimum absolute atomic E-state index is 0.291. The molecule has 0 bridgehead atoms. The molecule has 0 amide bonds. The SMILES string of the molecule is CN(c1cnc(C#N)c(-c2cc[c]cc2)n1)n1cnc2ccccc21. The Kier molecular flexibility index (Phi) is 3.60. The lowest BCUT2D eigenvalue weighted by molar-refractivity contribution is 0.778. The highest BCUT2D eigenvalue weighted by molar-refractivity contribution is 5.76. The Morgan fingerprint density at radius 2 is 1.92 bits per heavy atom. The highest BCUT2D eigenvalue weighted by atomic mass is 15.6. The Hall–Kier alpha value is -3.72. The van der Waals surface area contributed by atoms with Gasteiger partial charge in [0.1, 0.15) is 18.1 Å². The van der Waals surface area contributed by atoms with E-state index in [4.69, 9.17) is 0 Å². The summed E-state index contributed by atoms with van der Waals surface area (Å²) in [6.07, 6.45) is 3.33. The third kappa shape index (κ3) is 2.58. The molecule has 1 radical (unpaired) electrons. The van der Waals surface area contributed by atoms with E-state index in [1.807, 2.05) is 53.1 Å². The second kappa shape index (κ2) is 6.06. The van der Waals surface area contributed by atoms with Gasteiger partial charge in [-0.3, -0.25) is 5.01 Å². The zero-order valence-electron chi connectivity index (χ0n) is 13.5. The lowest BCUT2D eigenvalue weighted by atomic mass is 10.1. The maximum atomic E-state index is 9.35. The van der Waals surface area contributed by atoms with Crippen LogP contribution in [0.4, 0.5) is 5.82 Å². The van der Waals surface area contributed by atoms with E-state index in [1.54, 1.807) is 24.7 Å². The Morgan fingerprint density at radius 1 is 1.12 bits per heavy atom. The third-order valence-electron chi connectivity index (χ3n) is 3.95. The van der Waals surface area contributed by atoms with Crippen LogP contribution in [0.1, 0.15) is 5.69 Å². The van der Waals surface area contributed by atoms with Crippen molar-refractivity contribution in [2.75, 3.05) is 12.1 Å². The Balaban J connectivity index is 1.82. The molecular weight excluding hydrogens is 312 g/mol. The molecule has 119 valence electrons. The summed E-state index contributed by atoms with van der Waals surface area (Å²) >= 11 is 0. The first kappa shape index (κ1) is 14.8. The summed E-state index contributed by atoms with van der Waals surface area (Å²) in [6.45, 7) is 0. The van der Waals surface area contributed by atoms with Crippen LogP contribution in [0, 0.1) is 17.4 Å². The molecule has 0 saturated heterocycles. The maximum absolute atomic E-state index is 9.35. The smallest absolute Gasteiger partial charge is 0.166 e. The summed E-state index contributed by atoms with van der Waals surface area (Å²) in [5, 5.41) is 11.2. The van der Waals surface area contributed by atoms with Gasteiger partial charge in [-0.15, -0.1) is 0 Å². The average Bonchev–Trinajstić information content (AvgIpc) is 3.11. The molecule has 6 heteroatoms. The minimum atomic E-state index is 0.291. The summed E-state index contributed by atoms with van der Waals surface area (Å²) in [4.78, 5) is 13.3. The zero-order valence-corrected chi connectivity index (χ0v) is 13.5. The number of fused-ring (bicyclic) bond motifs is 1. The maximum Gasteiger partial charge on any atom is 0.166 e. The van der Waals surface area contributed by atoms with Gasteiger partial charge in [0, 0.05) is 12.6 Å². The van der Waals surface area contributed by atoms with Crippen LogP contribution in [0.5, 0.6) is 0 Å². The van der Waals surface area contributed by atoms with E-state index in [1.165, 1.54) is 0 Å². The molecule has 25 heavy (non-hydrogen) atoms. The summed E-state index contributed by atoms with van der Waals surface area (Å²) < 4.78 is 1.90. The van der Waals surface area contributed by atoms with Crippen molar-refractivity contribution in [1.29, 1.82) is 5.26 Å². The quantitative estimate of drug-likeness (QED) is 0.579. The van der Waals surface area contributed by atoms with Crippen LogP contribution < -0.4 is 5.01 Å². The van der Waals surface area contributed by atoms with Crippen molar-refractivity contribution in [3.8, 4) is 17.3 Å². The number of imidazole rings is 1. The average molecular weight is 325 g/mol. The highest BCUT2D eigenvalue weighted by Gasteiger charge is 2.14. The van der Waals surface area contributed by atoms with Gasteiger partial charge in [0.2, 0.25) is 0 Å². The van der Waals surface area contributed by atoms with E-state index in [0.29, 0.717) is 17.2 Å². The summed E-state index contributed by atoms with van der Waals surface area (Å²) in [7, 11) is 1.88. The topological polar surface area (TPSA) is 70.6 Å². The van der Waals surface area contributed by atoms with Crippen molar-refractivity contribution in [1.82, 2.24) is 19.6 Å². The van der Waals surface area contributed by atoms with Gasteiger partial charge in [-0.2, -0.15) is 5.26 Å². The standard InChI is InChI=1S/C19H13N6/c1-24(25-13-22-15-9-5-6-10-17(15)25)18-12-21-16(11-20)19(23-18)14-7-3-2-4-8-14/h3-10,12-13H,1H3. The van der Waals surface area contributed by atoms with Crippen LogP contribution in [0.25, 0.3) is 22.3 Å². The second-order valence-electron chi connectivity index (χ2n) is 5.43. The predicted octanol–water partition coefficient (Wildman–Crippen LogP) is 3.06. The Bertz CT molecular complexity index is 1080. The number of benzene rings is 2. The molecule has 6 nitrogen and oxygen atoms in total. The third-order valence-corrected chi connectivity index (χ3v) is 3.95. The van der Waals surface area contributed by atoms with Crippen LogP contribution in [-0.4, -0.2) is 26.7 Å². The fourth-order valence-corrected chi connectivity index (χ4v) is 2.66. The van der Waals surface area contributed by atoms with Crippen molar-refractivity contribution in [2.45, 2.75) is 0 Å². The Labute approximate surface area is 144 Å². The fourth-order valence-electron chi connectivity index (χ4n) is 2.66. The molecule has 0 atom stereocenters. The second-order valence-corrected chi connectivity index (χ2v) is 5.43. The van der Waals surface area contributed by atoms with E-state index in [2.05, 4.69) is 27.1 Å². The first-order valence-electron chi connectivity index (χ1n) is 7.67. The fraction of sp³-hybridized carbons (Fsp3) is 0.0526. The predicted molar refractivity (Wildman–Crippen MR) is 94.6 cm³/mol. The molecule has 0 N–H and O–H groups in total. The molecule has 4 aromatic rings. The van der Waals surface area contributed by atoms with Gasteiger partial charge in [0.25, 0.3) is 0 Å². The number of hydrogen-bond donors (Lipinski definition) is 0. The molecular formula is C19H13N6. The lowest BCUT2D eigenvalue weighted by Crippen LogP contribution is -2.25. The number of rotatable bonds is 3. The molecule has 0 aliphatic rings. The van der Waals surface area contributed by atoms with E-state index < -0.39 is 0 Å². The van der Waals surface area contributed by atoms with Gasteiger partial charge in [0.15, 0.2) is 11.5 Å². The monoisotopic (exact) mass is 325 g/mol. The zero-order chi connectivity index (χ0) is 17.2. The molecule has 2 aromatic heterocycles. The number of hydrogen-bond acceptors (Lipinski definition) is 5. The molecule has 0 aliphatic carbocycles. The van der Waals surface area contributed by atoms with Gasteiger partial charge in [-0.05, 0) is 18.2 Å². The number of aromatic nitrogens is 4. The van der Waals surface area contributed by atoms with Gasteiger partial charge >= 0.3 is 0 Å². The van der Waals surface area contributed by atoms with Gasteiger partial charge < -0.3 is 0 Å². The Morgan fingerprint density at radius 3 is 2.72 bits per heavy atom. The molecule has 0 saturated carbocycles. The summed E-state index contributed by atoms with van der Waals surface area (Å²) in [5.41, 5.74) is 3.53. The van der Waals surface area contributed by atoms with Crippen molar-refractivity contribution >= 4 is 16.9 Å². The van der Waals surface area contributed by atoms with Gasteiger partial charge in [-0.25, -0.2) is 19.6 Å². The molecule has 4 rings (SSSR count). The molecule has 2 aromatic carbocycles. The van der Waals surface area contributed by atoms with Crippen molar-refractivity contribution in [3.63, 3.8) is 0 Å². The first-order valence-corrected chi connectivity index (χ1v) is 7.67. The number of para-hydroxylation sites is 2. The van der Waals surface area contributed by atoms with Crippen LogP contribution in [-0.2, 0) is 0 Å². The minimum Gasteiger partial charge on any atom is -0.264 e. The molecule has 0 unspecified atom stereocenters. The molecule has 0 aliphatic heterocycles. The van der Waals surface area contributed by atoms with E-state index >= 15 is 0 Å². The lowest BCUT2D eigenvalue weighted by Gasteiger charge is -2.20. The number of nitrogens with zero attached hydrogens (tertiary/aromatic N) is 6. The van der Waals surface area contributed by atoms with Crippen molar-refractivity contribution in [2.24, 2.45) is 0 Å². The van der Waals surface area contributed by atoms with E-state index in [9.17, 15) is 5.26 Å². The largest absolute Gasteiger partial charge is 0.264 e. The summed E-state index contributed by atoms with van der Waals surface area (Å²) in [5.74, 6) is 0.616.